The summed E-state index contributed by atoms with van der Waals surface area (Å²) in [5.74, 6) is 0. The maximum atomic E-state index is 11.2. The number of aryl methyl sites for hydroxylation is 1. The van der Waals surface area contributed by atoms with Gasteiger partial charge in [-0.1, -0.05) is 0 Å². The highest BCUT2D eigenvalue weighted by Gasteiger charge is 2.21. The first-order valence-electron chi connectivity index (χ1n) is 6.06. The first-order chi connectivity index (χ1) is 8.22. The van der Waals surface area contributed by atoms with E-state index in [2.05, 4.69) is 33.8 Å². The van der Waals surface area contributed by atoms with Crippen LogP contribution < -0.4 is 10.0 Å². The minimum absolute atomic E-state index is 0.485. The van der Waals surface area contributed by atoms with Crippen molar-refractivity contribution in [2.45, 2.75) is 39.4 Å². The van der Waals surface area contributed by atoms with Crippen LogP contribution in [0.5, 0.6) is 0 Å². The predicted molar refractivity (Wildman–Crippen MR) is 73.9 cm³/mol. The van der Waals surface area contributed by atoms with Crippen molar-refractivity contribution < 1.29 is 8.42 Å². The molecule has 0 amide bonds. The van der Waals surface area contributed by atoms with Crippen LogP contribution in [0.3, 0.4) is 0 Å². The summed E-state index contributed by atoms with van der Waals surface area (Å²) in [4.78, 5) is 0. The van der Waals surface area contributed by atoms with Gasteiger partial charge in [0.25, 0.3) is 0 Å². The molecule has 2 N–H and O–H groups in total. The Labute approximate surface area is 110 Å². The molecule has 0 fully saturated rings. The van der Waals surface area contributed by atoms with E-state index in [0.29, 0.717) is 6.54 Å². The lowest BCUT2D eigenvalue weighted by molar-refractivity contribution is 0.421. The SMILES string of the molecule is CCn1ccc(CNCC(C)(C)NS(C)(=O)=O)c1. The Morgan fingerprint density at radius 1 is 1.39 bits per heavy atom. The van der Waals surface area contributed by atoms with E-state index in [1.165, 1.54) is 11.8 Å². The van der Waals surface area contributed by atoms with Gasteiger partial charge in [0.15, 0.2) is 0 Å². The molecule has 0 aliphatic carbocycles. The molecule has 0 atom stereocenters. The standard InChI is InChI=1S/C12H23N3O2S/c1-5-15-7-6-11(9-15)8-13-10-12(2,3)14-18(4,16)17/h6-7,9,13-14H,5,8,10H2,1-4H3. The van der Waals surface area contributed by atoms with Gasteiger partial charge in [-0.2, -0.15) is 0 Å². The zero-order chi connectivity index (χ0) is 13.8. The molecular weight excluding hydrogens is 250 g/mol. The molecule has 104 valence electrons. The largest absolute Gasteiger partial charge is 0.354 e. The molecule has 0 bridgehead atoms. The molecule has 1 aromatic rings. The fraction of sp³-hybridized carbons (Fsp3) is 0.667. The fourth-order valence-electron chi connectivity index (χ4n) is 1.85. The highest BCUT2D eigenvalue weighted by atomic mass is 32.2. The third kappa shape index (κ3) is 5.66. The van der Waals surface area contributed by atoms with Crippen LogP contribution in [0.15, 0.2) is 18.5 Å². The molecule has 18 heavy (non-hydrogen) atoms. The van der Waals surface area contributed by atoms with Crippen LogP contribution in [-0.4, -0.2) is 31.3 Å². The average Bonchev–Trinajstić information content (AvgIpc) is 2.61. The Morgan fingerprint density at radius 3 is 2.56 bits per heavy atom. The van der Waals surface area contributed by atoms with E-state index in [4.69, 9.17) is 0 Å². The Kier molecular flexibility index (Phi) is 4.95. The van der Waals surface area contributed by atoms with Gasteiger partial charge >= 0.3 is 0 Å². The number of nitrogens with one attached hydrogen (secondary N) is 2. The quantitative estimate of drug-likeness (QED) is 0.777. The lowest BCUT2D eigenvalue weighted by Crippen LogP contribution is -2.49. The summed E-state index contributed by atoms with van der Waals surface area (Å²) in [5, 5.41) is 3.26. The molecule has 5 nitrogen and oxygen atoms in total. The summed E-state index contributed by atoms with van der Waals surface area (Å²) in [6.45, 7) is 8.09. The van der Waals surface area contributed by atoms with Gasteiger partial charge in [-0.15, -0.1) is 0 Å². The number of sulfonamides is 1. The second-order valence-electron chi connectivity index (χ2n) is 5.21. The minimum Gasteiger partial charge on any atom is -0.354 e. The van der Waals surface area contributed by atoms with Gasteiger partial charge < -0.3 is 9.88 Å². The van der Waals surface area contributed by atoms with E-state index in [1.54, 1.807) is 0 Å². The number of aromatic nitrogens is 1. The summed E-state index contributed by atoms with van der Waals surface area (Å²) < 4.78 is 27.1. The lowest BCUT2D eigenvalue weighted by atomic mass is 10.1. The van der Waals surface area contributed by atoms with Crippen LogP contribution in [0.1, 0.15) is 26.3 Å². The van der Waals surface area contributed by atoms with Crippen LogP contribution in [-0.2, 0) is 23.1 Å². The Balaban J connectivity index is 2.41. The normalized spacial score (nSPS) is 12.9. The Hall–Kier alpha value is -0.850. The van der Waals surface area contributed by atoms with E-state index in [1.807, 2.05) is 20.0 Å². The summed E-state index contributed by atoms with van der Waals surface area (Å²) in [5.41, 5.74) is 0.716. The number of nitrogens with zero attached hydrogens (tertiary/aromatic N) is 1. The molecule has 6 heteroatoms. The summed E-state index contributed by atoms with van der Waals surface area (Å²) in [6.07, 6.45) is 5.30. The van der Waals surface area contributed by atoms with E-state index >= 15 is 0 Å². The van der Waals surface area contributed by atoms with Crippen molar-refractivity contribution in [3.05, 3.63) is 24.0 Å². The maximum absolute atomic E-state index is 11.2. The summed E-state index contributed by atoms with van der Waals surface area (Å²) in [6, 6.07) is 2.06. The first-order valence-corrected chi connectivity index (χ1v) is 7.95. The van der Waals surface area contributed by atoms with Gasteiger partial charge in [0.1, 0.15) is 0 Å². The molecular formula is C12H23N3O2S. The molecule has 0 aliphatic rings. The number of hydrogen-bond acceptors (Lipinski definition) is 3. The predicted octanol–water partition coefficient (Wildman–Crippen LogP) is 0.925. The van der Waals surface area contributed by atoms with Crippen molar-refractivity contribution >= 4 is 10.0 Å². The Bertz CT molecular complexity index is 477. The highest BCUT2D eigenvalue weighted by Crippen LogP contribution is 2.04. The van der Waals surface area contributed by atoms with Crippen LogP contribution in [0.25, 0.3) is 0 Å². The van der Waals surface area contributed by atoms with Crippen LogP contribution >= 0.6 is 0 Å². The lowest BCUT2D eigenvalue weighted by Gasteiger charge is -2.25. The molecule has 0 radical (unpaired) electrons. The summed E-state index contributed by atoms with van der Waals surface area (Å²) in [7, 11) is -3.17. The molecule has 0 saturated heterocycles. The molecule has 0 aliphatic heterocycles. The van der Waals surface area contributed by atoms with E-state index in [9.17, 15) is 8.42 Å². The third-order valence-electron chi connectivity index (χ3n) is 2.53. The maximum Gasteiger partial charge on any atom is 0.209 e. The molecule has 1 heterocycles. The smallest absolute Gasteiger partial charge is 0.209 e. The monoisotopic (exact) mass is 273 g/mol. The van der Waals surface area contributed by atoms with Crippen molar-refractivity contribution in [1.82, 2.24) is 14.6 Å². The fourth-order valence-corrected chi connectivity index (χ4v) is 2.93. The highest BCUT2D eigenvalue weighted by molar-refractivity contribution is 7.88. The van der Waals surface area contributed by atoms with Gasteiger partial charge in [-0.05, 0) is 32.4 Å². The minimum atomic E-state index is -3.17. The summed E-state index contributed by atoms with van der Waals surface area (Å²) >= 11 is 0. The van der Waals surface area contributed by atoms with E-state index < -0.39 is 15.6 Å². The van der Waals surface area contributed by atoms with Gasteiger partial charge in [0.2, 0.25) is 10.0 Å². The molecule has 0 unspecified atom stereocenters. The van der Waals surface area contributed by atoms with Gasteiger partial charge in [0.05, 0.1) is 6.26 Å². The molecule has 0 saturated carbocycles. The van der Waals surface area contributed by atoms with Gasteiger partial charge in [0, 0.05) is 37.6 Å². The number of hydrogen-bond donors (Lipinski definition) is 2. The number of rotatable bonds is 7. The van der Waals surface area contributed by atoms with Crippen molar-refractivity contribution in [2.75, 3.05) is 12.8 Å². The van der Waals surface area contributed by atoms with Gasteiger partial charge in [-0.3, -0.25) is 0 Å². The molecule has 0 spiro atoms. The zero-order valence-corrected chi connectivity index (χ0v) is 12.3. The first kappa shape index (κ1) is 15.2. The third-order valence-corrected chi connectivity index (χ3v) is 3.46. The van der Waals surface area contributed by atoms with Crippen molar-refractivity contribution in [3.8, 4) is 0 Å². The zero-order valence-electron chi connectivity index (χ0n) is 11.5. The van der Waals surface area contributed by atoms with Crippen molar-refractivity contribution in [3.63, 3.8) is 0 Å². The van der Waals surface area contributed by atoms with Crippen LogP contribution in [0, 0.1) is 0 Å². The Morgan fingerprint density at radius 2 is 2.06 bits per heavy atom. The van der Waals surface area contributed by atoms with E-state index in [0.717, 1.165) is 13.1 Å². The second kappa shape index (κ2) is 5.86. The molecule has 1 aromatic heterocycles. The van der Waals surface area contributed by atoms with Crippen LogP contribution in [0.4, 0.5) is 0 Å². The average molecular weight is 273 g/mol. The van der Waals surface area contributed by atoms with Crippen LogP contribution in [0.2, 0.25) is 0 Å². The second-order valence-corrected chi connectivity index (χ2v) is 6.96. The molecule has 1 rings (SSSR count). The topological polar surface area (TPSA) is 63.1 Å². The van der Waals surface area contributed by atoms with E-state index in [-0.39, 0.29) is 0 Å². The van der Waals surface area contributed by atoms with Crippen molar-refractivity contribution in [1.29, 1.82) is 0 Å². The molecule has 0 aromatic carbocycles. The van der Waals surface area contributed by atoms with Gasteiger partial charge in [-0.25, -0.2) is 13.1 Å². The van der Waals surface area contributed by atoms with Crippen molar-refractivity contribution in [2.24, 2.45) is 0 Å².